The SMILES string of the molecule is CC.Cc1ccc2nc(C)ncc2c1.Cc1cnc2cc(C)ccc2c1. The van der Waals surface area contributed by atoms with E-state index in [0.717, 1.165) is 22.2 Å². The normalized spacial score (nSPS) is 9.92. The minimum Gasteiger partial charge on any atom is -0.256 e. The Labute approximate surface area is 156 Å². The van der Waals surface area contributed by atoms with Gasteiger partial charge in [-0.15, -0.1) is 0 Å². The van der Waals surface area contributed by atoms with E-state index >= 15 is 0 Å². The van der Waals surface area contributed by atoms with Gasteiger partial charge in [-0.2, -0.15) is 0 Å². The van der Waals surface area contributed by atoms with Crippen LogP contribution in [0.4, 0.5) is 0 Å². The highest BCUT2D eigenvalue weighted by Gasteiger charge is 1.95. The minimum absolute atomic E-state index is 0.825. The molecule has 0 amide bonds. The Bertz CT molecular complexity index is 841. The van der Waals surface area contributed by atoms with Crippen molar-refractivity contribution >= 4 is 21.8 Å². The zero-order valence-corrected chi connectivity index (χ0v) is 16.5. The summed E-state index contributed by atoms with van der Waals surface area (Å²) in [6.45, 7) is 12.1. The Kier molecular flexibility index (Phi) is 6.79. The van der Waals surface area contributed by atoms with E-state index in [0.29, 0.717) is 0 Å². The molecule has 4 rings (SSSR count). The Morgan fingerprint density at radius 3 is 2.00 bits per heavy atom. The third-order valence-electron chi connectivity index (χ3n) is 3.83. The predicted octanol–water partition coefficient (Wildman–Crippen LogP) is 6.12. The van der Waals surface area contributed by atoms with Crippen LogP contribution in [0.2, 0.25) is 0 Å². The molecule has 2 aromatic carbocycles. The molecule has 0 radical (unpaired) electrons. The van der Waals surface area contributed by atoms with Crippen molar-refractivity contribution in [2.24, 2.45) is 0 Å². The van der Waals surface area contributed by atoms with Crippen molar-refractivity contribution in [1.29, 1.82) is 0 Å². The maximum Gasteiger partial charge on any atom is 0.125 e. The first-order valence-electron chi connectivity index (χ1n) is 9.04. The molecule has 0 bridgehead atoms. The molecule has 3 nitrogen and oxygen atoms in total. The highest BCUT2D eigenvalue weighted by atomic mass is 14.9. The quantitative estimate of drug-likeness (QED) is 0.385. The van der Waals surface area contributed by atoms with E-state index in [1.807, 2.05) is 39.2 Å². The molecule has 26 heavy (non-hydrogen) atoms. The van der Waals surface area contributed by atoms with Gasteiger partial charge in [0, 0.05) is 23.2 Å². The lowest BCUT2D eigenvalue weighted by molar-refractivity contribution is 1.09. The lowest BCUT2D eigenvalue weighted by Gasteiger charge is -1.98. The minimum atomic E-state index is 0.825. The van der Waals surface area contributed by atoms with E-state index in [1.165, 1.54) is 22.1 Å². The molecule has 134 valence electrons. The number of aryl methyl sites for hydroxylation is 4. The molecule has 0 spiro atoms. The van der Waals surface area contributed by atoms with Crippen molar-refractivity contribution in [2.75, 3.05) is 0 Å². The number of rotatable bonds is 0. The molecule has 0 unspecified atom stereocenters. The third-order valence-corrected chi connectivity index (χ3v) is 3.83. The summed E-state index contributed by atoms with van der Waals surface area (Å²) in [5.74, 6) is 0.825. The van der Waals surface area contributed by atoms with Gasteiger partial charge in [0.15, 0.2) is 0 Å². The fraction of sp³-hybridized carbons (Fsp3) is 0.261. The maximum absolute atomic E-state index is 4.34. The average molecular weight is 345 g/mol. The molecule has 0 aliphatic heterocycles. The van der Waals surface area contributed by atoms with E-state index in [2.05, 4.69) is 72.1 Å². The highest BCUT2D eigenvalue weighted by Crippen LogP contribution is 2.14. The van der Waals surface area contributed by atoms with Crippen LogP contribution in [-0.2, 0) is 0 Å². The van der Waals surface area contributed by atoms with Gasteiger partial charge in [-0.1, -0.05) is 37.6 Å². The largest absolute Gasteiger partial charge is 0.256 e. The lowest BCUT2D eigenvalue weighted by Crippen LogP contribution is -1.87. The lowest BCUT2D eigenvalue weighted by atomic mass is 10.1. The molecule has 0 aliphatic rings. The van der Waals surface area contributed by atoms with E-state index in [9.17, 15) is 0 Å². The summed E-state index contributed by atoms with van der Waals surface area (Å²) < 4.78 is 0. The molecule has 0 fully saturated rings. The van der Waals surface area contributed by atoms with Gasteiger partial charge in [0.1, 0.15) is 5.82 Å². The average Bonchev–Trinajstić information content (AvgIpc) is 2.64. The van der Waals surface area contributed by atoms with Crippen LogP contribution < -0.4 is 0 Å². The van der Waals surface area contributed by atoms with Crippen molar-refractivity contribution in [3.63, 3.8) is 0 Å². The van der Waals surface area contributed by atoms with Crippen molar-refractivity contribution < 1.29 is 0 Å². The number of benzene rings is 2. The number of fused-ring (bicyclic) bond motifs is 2. The molecule has 2 heterocycles. The van der Waals surface area contributed by atoms with E-state index in [-0.39, 0.29) is 0 Å². The van der Waals surface area contributed by atoms with E-state index < -0.39 is 0 Å². The second kappa shape index (κ2) is 9.04. The van der Waals surface area contributed by atoms with Gasteiger partial charge in [-0.25, -0.2) is 9.97 Å². The van der Waals surface area contributed by atoms with Crippen LogP contribution in [0.5, 0.6) is 0 Å². The number of pyridine rings is 1. The van der Waals surface area contributed by atoms with Crippen molar-refractivity contribution in [3.05, 3.63) is 77.4 Å². The monoisotopic (exact) mass is 345 g/mol. The predicted molar refractivity (Wildman–Crippen MR) is 112 cm³/mol. The van der Waals surface area contributed by atoms with Gasteiger partial charge in [-0.3, -0.25) is 4.98 Å². The van der Waals surface area contributed by atoms with Crippen molar-refractivity contribution in [2.45, 2.75) is 41.5 Å². The molecule has 0 aliphatic carbocycles. The first-order chi connectivity index (χ1) is 12.5. The fourth-order valence-corrected chi connectivity index (χ4v) is 2.59. The van der Waals surface area contributed by atoms with Crippen LogP contribution in [0.15, 0.2) is 54.9 Å². The van der Waals surface area contributed by atoms with Gasteiger partial charge in [-0.05, 0) is 63.1 Å². The van der Waals surface area contributed by atoms with Gasteiger partial charge in [0.25, 0.3) is 0 Å². The second-order valence-electron chi connectivity index (χ2n) is 6.19. The van der Waals surface area contributed by atoms with Gasteiger partial charge < -0.3 is 0 Å². The smallest absolute Gasteiger partial charge is 0.125 e. The van der Waals surface area contributed by atoms with Crippen LogP contribution in [0, 0.1) is 27.7 Å². The highest BCUT2D eigenvalue weighted by molar-refractivity contribution is 5.79. The van der Waals surface area contributed by atoms with E-state index in [1.54, 1.807) is 0 Å². The summed E-state index contributed by atoms with van der Waals surface area (Å²) in [7, 11) is 0. The summed E-state index contributed by atoms with van der Waals surface area (Å²) in [5.41, 5.74) is 5.83. The molecule has 4 aromatic rings. The molecule has 0 saturated carbocycles. The van der Waals surface area contributed by atoms with Crippen LogP contribution >= 0.6 is 0 Å². The molecular formula is C23H27N3. The summed E-state index contributed by atoms with van der Waals surface area (Å²) >= 11 is 0. The third kappa shape index (κ3) is 5.09. The number of hydrogen-bond donors (Lipinski definition) is 0. The Morgan fingerprint density at radius 2 is 1.23 bits per heavy atom. The van der Waals surface area contributed by atoms with Crippen LogP contribution in [-0.4, -0.2) is 15.0 Å². The van der Waals surface area contributed by atoms with Gasteiger partial charge in [0.05, 0.1) is 11.0 Å². The topological polar surface area (TPSA) is 38.7 Å². The number of aromatic nitrogens is 3. The standard InChI is InChI=1S/C11H11N.C10H10N2.C2H6/c1-8-3-4-10-5-9(2)7-12-11(10)6-8;1-7-3-4-10-9(5-7)6-11-8(2)12-10;1-2/h3-7H,1-2H3;3-6H,1-2H3;1-2H3. The number of nitrogens with zero attached hydrogens (tertiary/aromatic N) is 3. The van der Waals surface area contributed by atoms with Crippen molar-refractivity contribution in [1.82, 2.24) is 15.0 Å². The van der Waals surface area contributed by atoms with Crippen molar-refractivity contribution in [3.8, 4) is 0 Å². The summed E-state index contributed by atoms with van der Waals surface area (Å²) in [5, 5.41) is 2.33. The van der Waals surface area contributed by atoms with Gasteiger partial charge in [0.2, 0.25) is 0 Å². The van der Waals surface area contributed by atoms with E-state index in [4.69, 9.17) is 0 Å². The molecule has 0 atom stereocenters. The van der Waals surface area contributed by atoms with Crippen LogP contribution in [0.25, 0.3) is 21.8 Å². The fourth-order valence-electron chi connectivity index (χ4n) is 2.59. The molecule has 3 heteroatoms. The summed E-state index contributed by atoms with van der Waals surface area (Å²) in [6.07, 6.45) is 3.77. The first-order valence-corrected chi connectivity index (χ1v) is 9.04. The van der Waals surface area contributed by atoms with Gasteiger partial charge >= 0.3 is 0 Å². The molecular weight excluding hydrogens is 318 g/mol. The first kappa shape index (κ1) is 19.5. The zero-order chi connectivity index (χ0) is 19.1. The Balaban J connectivity index is 0.000000171. The number of hydrogen-bond acceptors (Lipinski definition) is 3. The zero-order valence-electron chi connectivity index (χ0n) is 16.5. The maximum atomic E-state index is 4.34. The Hall–Kier alpha value is -2.81. The molecule has 0 N–H and O–H groups in total. The summed E-state index contributed by atoms with van der Waals surface area (Å²) in [6, 6.07) is 14.7. The molecule has 0 saturated heterocycles. The summed E-state index contributed by atoms with van der Waals surface area (Å²) in [4.78, 5) is 12.8. The van der Waals surface area contributed by atoms with Crippen LogP contribution in [0.3, 0.4) is 0 Å². The second-order valence-corrected chi connectivity index (χ2v) is 6.19. The molecule has 2 aromatic heterocycles. The van der Waals surface area contributed by atoms with Crippen LogP contribution in [0.1, 0.15) is 36.4 Å². The Morgan fingerprint density at radius 1 is 0.577 bits per heavy atom.